The number of anilines is 1. The average Bonchev–Trinajstić information content (AvgIpc) is 2.33. The van der Waals surface area contributed by atoms with Gasteiger partial charge >= 0.3 is 0 Å². The molecule has 2 aromatic rings. The van der Waals surface area contributed by atoms with Gasteiger partial charge in [0, 0.05) is 12.2 Å². The Morgan fingerprint density at radius 3 is 2.11 bits per heavy atom. The Hall–Kier alpha value is -1.76. The summed E-state index contributed by atoms with van der Waals surface area (Å²) in [6.45, 7) is 11.7. The highest BCUT2D eigenvalue weighted by molar-refractivity contribution is 5.58. The molecule has 0 unspecified atom stereocenters. The van der Waals surface area contributed by atoms with Gasteiger partial charge < -0.3 is 5.32 Å². The van der Waals surface area contributed by atoms with E-state index in [0.717, 1.165) is 6.54 Å². The van der Waals surface area contributed by atoms with Crippen LogP contribution < -0.4 is 5.32 Å². The summed E-state index contributed by atoms with van der Waals surface area (Å²) in [6.07, 6.45) is 0. The van der Waals surface area contributed by atoms with Crippen LogP contribution in [0.25, 0.3) is 0 Å². The molecule has 0 aliphatic heterocycles. The molecule has 100 valence electrons. The molecule has 0 aliphatic carbocycles. The normalized spacial score (nSPS) is 10.6. The van der Waals surface area contributed by atoms with Crippen molar-refractivity contribution in [3.63, 3.8) is 0 Å². The van der Waals surface area contributed by atoms with E-state index >= 15 is 0 Å². The van der Waals surface area contributed by atoms with Crippen molar-refractivity contribution in [1.82, 2.24) is 0 Å². The van der Waals surface area contributed by atoms with Crippen molar-refractivity contribution in [3.05, 3.63) is 63.7 Å². The van der Waals surface area contributed by atoms with Crippen LogP contribution in [0.3, 0.4) is 0 Å². The van der Waals surface area contributed by atoms with Crippen molar-refractivity contribution in [1.29, 1.82) is 0 Å². The first kappa shape index (κ1) is 13.7. The fraction of sp³-hybridized carbons (Fsp3) is 0.333. The van der Waals surface area contributed by atoms with Crippen LogP contribution in [0.5, 0.6) is 0 Å². The van der Waals surface area contributed by atoms with Crippen molar-refractivity contribution in [2.45, 2.75) is 41.2 Å². The van der Waals surface area contributed by atoms with Gasteiger partial charge in [-0.05, 0) is 62.4 Å². The highest BCUT2D eigenvalue weighted by Gasteiger charge is 2.05. The lowest BCUT2D eigenvalue weighted by Crippen LogP contribution is -2.05. The van der Waals surface area contributed by atoms with E-state index in [1.807, 2.05) is 0 Å². The van der Waals surface area contributed by atoms with Crippen LogP contribution >= 0.6 is 0 Å². The Kier molecular flexibility index (Phi) is 3.94. The SMILES string of the molecule is Cc1cc(C)c(NCc2cccc(C)c2C)c(C)c1. The predicted molar refractivity (Wildman–Crippen MR) is 83.9 cm³/mol. The van der Waals surface area contributed by atoms with E-state index < -0.39 is 0 Å². The first-order chi connectivity index (χ1) is 8.99. The highest BCUT2D eigenvalue weighted by atomic mass is 14.9. The molecule has 1 heteroatoms. The van der Waals surface area contributed by atoms with Crippen LogP contribution in [-0.4, -0.2) is 0 Å². The molecule has 0 bridgehead atoms. The molecule has 0 amide bonds. The van der Waals surface area contributed by atoms with Crippen molar-refractivity contribution in [3.8, 4) is 0 Å². The summed E-state index contributed by atoms with van der Waals surface area (Å²) >= 11 is 0. The summed E-state index contributed by atoms with van der Waals surface area (Å²) in [6, 6.07) is 11.0. The summed E-state index contributed by atoms with van der Waals surface area (Å²) in [4.78, 5) is 0. The number of rotatable bonds is 3. The molecule has 2 aromatic carbocycles. The van der Waals surface area contributed by atoms with Crippen molar-refractivity contribution in [2.24, 2.45) is 0 Å². The van der Waals surface area contributed by atoms with E-state index in [0.29, 0.717) is 0 Å². The minimum atomic E-state index is 0.887. The maximum Gasteiger partial charge on any atom is 0.0403 e. The second kappa shape index (κ2) is 5.48. The molecule has 1 N–H and O–H groups in total. The first-order valence-corrected chi connectivity index (χ1v) is 6.86. The van der Waals surface area contributed by atoms with Gasteiger partial charge in [0.2, 0.25) is 0 Å². The summed E-state index contributed by atoms with van der Waals surface area (Å²) in [5, 5.41) is 3.59. The standard InChI is InChI=1S/C18H23N/c1-12-9-14(3)18(15(4)10-12)19-11-17-8-6-7-13(2)16(17)5/h6-10,19H,11H2,1-5H3. The molecular formula is C18H23N. The summed E-state index contributed by atoms with van der Waals surface area (Å²) in [5.74, 6) is 0. The molecule has 0 fully saturated rings. The fourth-order valence-electron chi connectivity index (χ4n) is 2.65. The number of hydrogen-bond donors (Lipinski definition) is 1. The molecule has 1 nitrogen and oxygen atoms in total. The monoisotopic (exact) mass is 253 g/mol. The van der Waals surface area contributed by atoms with E-state index in [4.69, 9.17) is 0 Å². The molecule has 0 saturated heterocycles. The summed E-state index contributed by atoms with van der Waals surface area (Å²) in [7, 11) is 0. The molecule has 0 aromatic heterocycles. The van der Waals surface area contributed by atoms with Gasteiger partial charge in [-0.2, -0.15) is 0 Å². The van der Waals surface area contributed by atoms with Crippen molar-refractivity contribution >= 4 is 5.69 Å². The zero-order chi connectivity index (χ0) is 14.0. The minimum Gasteiger partial charge on any atom is -0.381 e. The van der Waals surface area contributed by atoms with E-state index in [-0.39, 0.29) is 0 Å². The van der Waals surface area contributed by atoms with Gasteiger partial charge in [-0.25, -0.2) is 0 Å². The molecule has 19 heavy (non-hydrogen) atoms. The first-order valence-electron chi connectivity index (χ1n) is 6.86. The van der Waals surface area contributed by atoms with Crippen LogP contribution in [0.2, 0.25) is 0 Å². The van der Waals surface area contributed by atoms with Gasteiger partial charge in [-0.15, -0.1) is 0 Å². The van der Waals surface area contributed by atoms with Crippen molar-refractivity contribution < 1.29 is 0 Å². The Balaban J connectivity index is 2.22. The van der Waals surface area contributed by atoms with Gasteiger partial charge in [0.25, 0.3) is 0 Å². The Labute approximate surface area is 116 Å². The zero-order valence-electron chi connectivity index (χ0n) is 12.6. The Morgan fingerprint density at radius 1 is 0.842 bits per heavy atom. The van der Waals surface area contributed by atoms with E-state index in [1.54, 1.807) is 0 Å². The third-order valence-electron chi connectivity index (χ3n) is 3.85. The fourth-order valence-corrected chi connectivity index (χ4v) is 2.65. The minimum absolute atomic E-state index is 0.887. The Morgan fingerprint density at radius 2 is 1.47 bits per heavy atom. The highest BCUT2D eigenvalue weighted by Crippen LogP contribution is 2.23. The number of nitrogens with one attached hydrogen (secondary N) is 1. The third kappa shape index (κ3) is 2.98. The van der Waals surface area contributed by atoms with Gasteiger partial charge in [0.1, 0.15) is 0 Å². The second-order valence-electron chi connectivity index (χ2n) is 5.49. The zero-order valence-corrected chi connectivity index (χ0v) is 12.6. The molecular weight excluding hydrogens is 230 g/mol. The lowest BCUT2D eigenvalue weighted by Gasteiger charge is -2.15. The lowest BCUT2D eigenvalue weighted by atomic mass is 10.0. The van der Waals surface area contributed by atoms with Crippen LogP contribution in [-0.2, 0) is 6.54 Å². The molecule has 0 aliphatic rings. The van der Waals surface area contributed by atoms with E-state index in [2.05, 4.69) is 70.3 Å². The van der Waals surface area contributed by atoms with Gasteiger partial charge in [-0.3, -0.25) is 0 Å². The molecule has 0 saturated carbocycles. The molecule has 2 rings (SSSR count). The van der Waals surface area contributed by atoms with Crippen molar-refractivity contribution in [2.75, 3.05) is 5.32 Å². The van der Waals surface area contributed by atoms with E-state index in [9.17, 15) is 0 Å². The third-order valence-corrected chi connectivity index (χ3v) is 3.85. The topological polar surface area (TPSA) is 12.0 Å². The van der Waals surface area contributed by atoms with Gasteiger partial charge in [0.05, 0.1) is 0 Å². The molecule has 0 atom stereocenters. The number of aryl methyl sites for hydroxylation is 4. The smallest absolute Gasteiger partial charge is 0.0403 e. The van der Waals surface area contributed by atoms with E-state index in [1.165, 1.54) is 39.1 Å². The largest absolute Gasteiger partial charge is 0.381 e. The number of benzene rings is 2. The van der Waals surface area contributed by atoms with Crippen LogP contribution in [0.15, 0.2) is 30.3 Å². The van der Waals surface area contributed by atoms with Crippen LogP contribution in [0.1, 0.15) is 33.4 Å². The predicted octanol–water partition coefficient (Wildman–Crippen LogP) is 4.84. The molecule has 0 spiro atoms. The maximum atomic E-state index is 3.59. The van der Waals surface area contributed by atoms with Crippen LogP contribution in [0.4, 0.5) is 5.69 Å². The van der Waals surface area contributed by atoms with Crippen LogP contribution in [0, 0.1) is 34.6 Å². The summed E-state index contributed by atoms with van der Waals surface area (Å²) < 4.78 is 0. The van der Waals surface area contributed by atoms with Gasteiger partial charge in [0.15, 0.2) is 0 Å². The lowest BCUT2D eigenvalue weighted by molar-refractivity contribution is 1.09. The quantitative estimate of drug-likeness (QED) is 0.825. The van der Waals surface area contributed by atoms with Gasteiger partial charge in [-0.1, -0.05) is 35.9 Å². The summed E-state index contributed by atoms with van der Waals surface area (Å²) in [5.41, 5.74) is 9.36. The number of hydrogen-bond acceptors (Lipinski definition) is 1. The maximum absolute atomic E-state index is 3.59. The molecule has 0 heterocycles. The second-order valence-corrected chi connectivity index (χ2v) is 5.49. The Bertz CT molecular complexity index is 574. The average molecular weight is 253 g/mol. The molecule has 0 radical (unpaired) electrons.